The van der Waals surface area contributed by atoms with Gasteiger partial charge in [-0.15, -0.1) is 0 Å². The number of esters is 1. The normalized spacial score (nSPS) is 16.3. The number of methoxy groups -OCH3 is 2. The second-order valence-electron chi connectivity index (χ2n) is 9.28. The summed E-state index contributed by atoms with van der Waals surface area (Å²) in [5, 5.41) is 9.63. The summed E-state index contributed by atoms with van der Waals surface area (Å²) >= 11 is 0. The van der Waals surface area contributed by atoms with Crippen molar-refractivity contribution < 1.29 is 14.3 Å². The van der Waals surface area contributed by atoms with Gasteiger partial charge in [0.25, 0.3) is 0 Å². The standard InChI is InChI=1S/C26H28N4O3/c1-15-23(28-30-14-18(26(31)33-3)10-22(32-2)24(15)30)21-9-17-5-4-6-20(19-11-27-12-19)25(17)29(21)13-16-7-8-16/h4-6,9-10,14,16,19,27H,7-8,11-13H2,1-3H3. The maximum absolute atomic E-state index is 12.2. The molecule has 0 bridgehead atoms. The average Bonchev–Trinajstić information content (AvgIpc) is 3.45. The highest BCUT2D eigenvalue weighted by molar-refractivity contribution is 5.93. The van der Waals surface area contributed by atoms with Gasteiger partial charge < -0.3 is 19.4 Å². The molecule has 3 aromatic heterocycles. The second-order valence-corrected chi connectivity index (χ2v) is 9.28. The van der Waals surface area contributed by atoms with Crippen molar-refractivity contribution in [1.82, 2.24) is 19.5 Å². The lowest BCUT2D eigenvalue weighted by Gasteiger charge is -2.28. The van der Waals surface area contributed by atoms with Crippen molar-refractivity contribution in [2.75, 3.05) is 27.3 Å². The molecular formula is C26H28N4O3. The molecule has 1 aromatic carbocycles. The van der Waals surface area contributed by atoms with Gasteiger partial charge in [-0.05, 0) is 43.4 Å². The van der Waals surface area contributed by atoms with Crippen LogP contribution < -0.4 is 10.1 Å². The van der Waals surface area contributed by atoms with Gasteiger partial charge in [-0.1, -0.05) is 18.2 Å². The minimum absolute atomic E-state index is 0.411. The van der Waals surface area contributed by atoms with Crippen LogP contribution in [0.25, 0.3) is 27.8 Å². The number of hydrogen-bond acceptors (Lipinski definition) is 5. The summed E-state index contributed by atoms with van der Waals surface area (Å²) in [6, 6.07) is 10.7. The predicted molar refractivity (Wildman–Crippen MR) is 127 cm³/mol. The van der Waals surface area contributed by atoms with Gasteiger partial charge in [-0.2, -0.15) is 5.10 Å². The summed E-state index contributed by atoms with van der Waals surface area (Å²) in [5.74, 6) is 1.48. The van der Waals surface area contributed by atoms with Crippen LogP contribution in [0.5, 0.6) is 5.75 Å². The van der Waals surface area contributed by atoms with Crippen molar-refractivity contribution >= 4 is 22.4 Å². The molecule has 0 spiro atoms. The van der Waals surface area contributed by atoms with Gasteiger partial charge in [-0.25, -0.2) is 9.31 Å². The quantitative estimate of drug-likeness (QED) is 0.453. The maximum Gasteiger partial charge on any atom is 0.339 e. The maximum atomic E-state index is 12.2. The number of nitrogens with zero attached hydrogens (tertiary/aromatic N) is 3. The molecule has 0 unspecified atom stereocenters. The molecule has 4 aromatic rings. The minimum atomic E-state index is -0.411. The number of fused-ring (bicyclic) bond motifs is 2. The highest BCUT2D eigenvalue weighted by atomic mass is 16.5. The molecule has 7 nitrogen and oxygen atoms in total. The summed E-state index contributed by atoms with van der Waals surface area (Å²) in [7, 11) is 3.00. The molecule has 2 fully saturated rings. The molecule has 1 saturated carbocycles. The summed E-state index contributed by atoms with van der Waals surface area (Å²) in [6.45, 7) is 5.15. The highest BCUT2D eigenvalue weighted by Crippen LogP contribution is 2.40. The zero-order valence-electron chi connectivity index (χ0n) is 19.2. The summed E-state index contributed by atoms with van der Waals surface area (Å²) < 4.78 is 14.8. The Morgan fingerprint density at radius 1 is 1.18 bits per heavy atom. The number of hydrogen-bond donors (Lipinski definition) is 1. The van der Waals surface area contributed by atoms with Crippen LogP contribution in [0.3, 0.4) is 0 Å². The molecule has 0 radical (unpaired) electrons. The predicted octanol–water partition coefficient (Wildman–Crippen LogP) is 4.16. The van der Waals surface area contributed by atoms with E-state index in [4.69, 9.17) is 14.6 Å². The first-order valence-corrected chi connectivity index (χ1v) is 11.6. The molecule has 4 heterocycles. The van der Waals surface area contributed by atoms with E-state index in [0.29, 0.717) is 17.2 Å². The van der Waals surface area contributed by atoms with Crippen molar-refractivity contribution in [3.63, 3.8) is 0 Å². The number of rotatable bonds is 6. The highest BCUT2D eigenvalue weighted by Gasteiger charge is 2.29. The van der Waals surface area contributed by atoms with E-state index in [1.165, 1.54) is 36.4 Å². The summed E-state index contributed by atoms with van der Waals surface area (Å²) in [6.07, 6.45) is 4.29. The van der Waals surface area contributed by atoms with E-state index in [-0.39, 0.29) is 0 Å². The Labute approximate surface area is 192 Å². The molecule has 1 aliphatic carbocycles. The van der Waals surface area contributed by atoms with E-state index in [0.717, 1.165) is 48.0 Å². The molecule has 2 aliphatic rings. The van der Waals surface area contributed by atoms with Crippen LogP contribution in [0.2, 0.25) is 0 Å². The Morgan fingerprint density at radius 2 is 2.00 bits per heavy atom. The zero-order valence-corrected chi connectivity index (χ0v) is 19.2. The van der Waals surface area contributed by atoms with Gasteiger partial charge in [0, 0.05) is 42.7 Å². The summed E-state index contributed by atoms with van der Waals surface area (Å²) in [4.78, 5) is 12.2. The van der Waals surface area contributed by atoms with Gasteiger partial charge in [0.15, 0.2) is 0 Å². The van der Waals surface area contributed by atoms with Gasteiger partial charge in [0.05, 0.1) is 31.0 Å². The van der Waals surface area contributed by atoms with E-state index in [9.17, 15) is 4.79 Å². The minimum Gasteiger partial charge on any atom is -0.494 e. The van der Waals surface area contributed by atoms with E-state index in [2.05, 4.69) is 41.1 Å². The third-order valence-electron chi connectivity index (χ3n) is 7.12. The second kappa shape index (κ2) is 7.63. The lowest BCUT2D eigenvalue weighted by molar-refractivity contribution is 0.0599. The van der Waals surface area contributed by atoms with Crippen LogP contribution in [0.1, 0.15) is 40.2 Å². The largest absolute Gasteiger partial charge is 0.494 e. The molecule has 0 atom stereocenters. The van der Waals surface area contributed by atoms with Crippen molar-refractivity contribution in [2.24, 2.45) is 5.92 Å². The van der Waals surface area contributed by atoms with Crippen molar-refractivity contribution in [1.29, 1.82) is 0 Å². The Morgan fingerprint density at radius 3 is 2.67 bits per heavy atom. The van der Waals surface area contributed by atoms with E-state index in [1.54, 1.807) is 23.9 Å². The number of benzene rings is 1. The third-order valence-corrected chi connectivity index (χ3v) is 7.12. The van der Waals surface area contributed by atoms with Crippen LogP contribution in [-0.2, 0) is 11.3 Å². The fraction of sp³-hybridized carbons (Fsp3) is 0.385. The number of ether oxygens (including phenoxy) is 2. The van der Waals surface area contributed by atoms with E-state index >= 15 is 0 Å². The van der Waals surface area contributed by atoms with Crippen LogP contribution in [0.15, 0.2) is 36.5 Å². The first-order chi connectivity index (χ1) is 16.1. The fourth-order valence-electron chi connectivity index (χ4n) is 5.05. The molecular weight excluding hydrogens is 416 g/mol. The smallest absolute Gasteiger partial charge is 0.339 e. The molecule has 170 valence electrons. The number of aryl methyl sites for hydroxylation is 1. The van der Waals surface area contributed by atoms with Crippen molar-refractivity contribution in [2.45, 2.75) is 32.2 Å². The lowest BCUT2D eigenvalue weighted by atomic mass is 9.92. The first kappa shape index (κ1) is 20.3. The molecule has 1 N–H and O–H groups in total. The average molecular weight is 445 g/mol. The number of carbonyl (C=O) groups excluding carboxylic acids is 1. The Balaban J connectivity index is 1.59. The fourth-order valence-corrected chi connectivity index (χ4v) is 5.05. The van der Waals surface area contributed by atoms with Crippen LogP contribution in [-0.4, -0.2) is 47.5 Å². The first-order valence-electron chi connectivity index (χ1n) is 11.6. The summed E-state index contributed by atoms with van der Waals surface area (Å²) in [5.41, 5.74) is 7.12. The molecule has 1 saturated heterocycles. The zero-order chi connectivity index (χ0) is 22.7. The lowest BCUT2D eigenvalue weighted by Crippen LogP contribution is -2.40. The Hall–Kier alpha value is -3.32. The third kappa shape index (κ3) is 3.22. The number of pyridine rings is 1. The monoisotopic (exact) mass is 444 g/mol. The number of nitrogens with one attached hydrogen (secondary N) is 1. The molecule has 1 aliphatic heterocycles. The number of carbonyl (C=O) groups is 1. The SMILES string of the molecule is COC(=O)c1cc(OC)c2c(C)c(-c3cc4cccc(C5CNC5)c4n3CC3CC3)nn2c1. The van der Waals surface area contributed by atoms with Gasteiger partial charge in [0.2, 0.25) is 0 Å². The van der Waals surface area contributed by atoms with Gasteiger partial charge in [0.1, 0.15) is 17.0 Å². The van der Waals surface area contributed by atoms with Crippen molar-refractivity contribution in [3.8, 4) is 17.1 Å². The van der Waals surface area contributed by atoms with E-state index < -0.39 is 5.97 Å². The van der Waals surface area contributed by atoms with Crippen LogP contribution in [0.4, 0.5) is 0 Å². The van der Waals surface area contributed by atoms with Gasteiger partial charge >= 0.3 is 5.97 Å². The molecule has 7 heteroatoms. The number of aromatic nitrogens is 3. The molecule has 0 amide bonds. The molecule has 33 heavy (non-hydrogen) atoms. The molecule has 6 rings (SSSR count). The Kier molecular flexibility index (Phi) is 4.69. The van der Waals surface area contributed by atoms with Crippen LogP contribution in [0, 0.1) is 12.8 Å². The van der Waals surface area contributed by atoms with Crippen molar-refractivity contribution in [3.05, 3.63) is 53.2 Å². The van der Waals surface area contributed by atoms with Gasteiger partial charge in [-0.3, -0.25) is 0 Å². The topological polar surface area (TPSA) is 69.8 Å². The van der Waals surface area contributed by atoms with E-state index in [1.807, 2.05) is 0 Å². The number of para-hydroxylation sites is 1. The Bertz CT molecular complexity index is 1390. The van der Waals surface area contributed by atoms with Crippen LogP contribution >= 0.6 is 0 Å².